The number of nitrogens with one attached hydrogen (secondary N) is 1. The molecule has 37 heavy (non-hydrogen) atoms. The summed E-state index contributed by atoms with van der Waals surface area (Å²) >= 11 is 11.9. The zero-order valence-electron chi connectivity index (χ0n) is 20.0. The van der Waals surface area contributed by atoms with Crippen molar-refractivity contribution < 1.29 is 23.8 Å². The molecule has 0 bridgehead atoms. The van der Waals surface area contributed by atoms with Gasteiger partial charge in [-0.05, 0) is 79.3 Å². The van der Waals surface area contributed by atoms with E-state index in [9.17, 15) is 9.59 Å². The normalized spacial score (nSPS) is 16.3. The predicted octanol–water partition coefficient (Wildman–Crippen LogP) is 5.00. The van der Waals surface area contributed by atoms with Crippen LogP contribution < -0.4 is 24.4 Å². The number of benzene rings is 3. The van der Waals surface area contributed by atoms with Gasteiger partial charge in [0.1, 0.15) is 11.8 Å². The summed E-state index contributed by atoms with van der Waals surface area (Å²) in [5.74, 6) is 1.40. The molecule has 1 saturated heterocycles. The monoisotopic (exact) mass is 537 g/mol. The fraction of sp³-hybridized carbons (Fsp3) is 0.222. The third kappa shape index (κ3) is 5.33. The van der Waals surface area contributed by atoms with Gasteiger partial charge in [-0.15, -0.1) is 0 Å². The molecule has 2 heterocycles. The highest BCUT2D eigenvalue weighted by Crippen LogP contribution is 2.35. The van der Waals surface area contributed by atoms with Crippen LogP contribution in [-0.2, 0) is 16.1 Å². The summed E-state index contributed by atoms with van der Waals surface area (Å²) < 4.78 is 16.3. The van der Waals surface area contributed by atoms with Gasteiger partial charge in [0.25, 0.3) is 5.91 Å². The maximum Gasteiger partial charge on any atom is 0.256 e. The Morgan fingerprint density at radius 2 is 1.89 bits per heavy atom. The third-order valence-corrected chi connectivity index (χ3v) is 6.65. The Morgan fingerprint density at radius 3 is 2.65 bits per heavy atom. The van der Waals surface area contributed by atoms with Gasteiger partial charge in [-0.3, -0.25) is 14.5 Å². The lowest BCUT2D eigenvalue weighted by molar-refractivity contribution is -0.124. The Morgan fingerprint density at radius 1 is 1.11 bits per heavy atom. The molecule has 3 aromatic carbocycles. The van der Waals surface area contributed by atoms with Gasteiger partial charge in [0.15, 0.2) is 16.6 Å². The summed E-state index contributed by atoms with van der Waals surface area (Å²) in [4.78, 5) is 29.9. The number of hydrogen-bond donors (Lipinski definition) is 1. The maximum atomic E-state index is 13.6. The number of amides is 2. The lowest BCUT2D eigenvalue weighted by Gasteiger charge is -2.24. The third-order valence-electron chi connectivity index (χ3n) is 6.00. The van der Waals surface area contributed by atoms with Crippen molar-refractivity contribution in [1.29, 1.82) is 0 Å². The van der Waals surface area contributed by atoms with Crippen LogP contribution in [0, 0.1) is 0 Å². The largest absolute Gasteiger partial charge is 0.494 e. The van der Waals surface area contributed by atoms with Crippen molar-refractivity contribution in [3.63, 3.8) is 0 Å². The second-order valence-corrected chi connectivity index (χ2v) is 9.28. The van der Waals surface area contributed by atoms with E-state index in [0.717, 1.165) is 5.56 Å². The van der Waals surface area contributed by atoms with Gasteiger partial charge < -0.3 is 24.4 Å². The van der Waals surface area contributed by atoms with E-state index >= 15 is 0 Å². The van der Waals surface area contributed by atoms with Gasteiger partial charge in [0.05, 0.1) is 18.7 Å². The van der Waals surface area contributed by atoms with Gasteiger partial charge in [0, 0.05) is 17.3 Å². The molecule has 2 aliphatic rings. The highest BCUT2D eigenvalue weighted by molar-refractivity contribution is 7.80. The van der Waals surface area contributed by atoms with Crippen molar-refractivity contribution in [3.8, 4) is 17.2 Å². The number of halogens is 1. The topological polar surface area (TPSA) is 80.3 Å². The minimum Gasteiger partial charge on any atom is -0.494 e. The zero-order chi connectivity index (χ0) is 25.9. The van der Waals surface area contributed by atoms with Crippen LogP contribution in [0.4, 0.5) is 11.4 Å². The highest BCUT2D eigenvalue weighted by atomic mass is 35.5. The van der Waals surface area contributed by atoms with Gasteiger partial charge in [-0.25, -0.2) is 0 Å². The second-order valence-electron chi connectivity index (χ2n) is 8.48. The van der Waals surface area contributed by atoms with Crippen molar-refractivity contribution in [2.24, 2.45) is 0 Å². The molecule has 0 spiro atoms. The average molecular weight is 538 g/mol. The summed E-state index contributed by atoms with van der Waals surface area (Å²) in [6, 6.07) is 18.7. The smallest absolute Gasteiger partial charge is 0.256 e. The molecule has 8 nitrogen and oxygen atoms in total. The zero-order valence-corrected chi connectivity index (χ0v) is 21.6. The first-order chi connectivity index (χ1) is 17.9. The summed E-state index contributed by atoms with van der Waals surface area (Å²) in [6.45, 7) is 2.92. The Bertz CT molecular complexity index is 1350. The van der Waals surface area contributed by atoms with E-state index in [2.05, 4.69) is 5.32 Å². The standard InChI is InChI=1S/C27H24ClN3O5S/c1-2-34-21-9-7-19(8-10-21)29-25(32)14-22-26(33)31(20-5-3-4-18(28)13-20)27(37)30(22)15-17-6-11-23-24(12-17)36-16-35-23/h3-13,22H,2,14-16H2,1H3,(H,29,32). The Hall–Kier alpha value is -3.82. The number of thiocarbonyl (C=S) groups is 1. The number of fused-ring (bicyclic) bond motifs is 1. The fourth-order valence-electron chi connectivity index (χ4n) is 4.29. The van der Waals surface area contributed by atoms with E-state index in [0.29, 0.717) is 51.9 Å². The number of rotatable bonds is 8. The number of nitrogens with zero attached hydrogens (tertiary/aromatic N) is 2. The van der Waals surface area contributed by atoms with Crippen molar-refractivity contribution >= 4 is 52.1 Å². The van der Waals surface area contributed by atoms with Crippen LogP contribution in [0.3, 0.4) is 0 Å². The minimum absolute atomic E-state index is 0.0895. The molecule has 1 N–H and O–H groups in total. The van der Waals surface area contributed by atoms with Crippen LogP contribution in [0.2, 0.25) is 5.02 Å². The number of carbonyl (C=O) groups is 2. The number of carbonyl (C=O) groups excluding carboxylic acids is 2. The molecule has 10 heteroatoms. The quantitative estimate of drug-likeness (QED) is 0.405. The highest BCUT2D eigenvalue weighted by Gasteiger charge is 2.44. The maximum absolute atomic E-state index is 13.6. The van der Waals surface area contributed by atoms with Crippen molar-refractivity contribution in [2.45, 2.75) is 25.9 Å². The number of hydrogen-bond acceptors (Lipinski definition) is 6. The Kier molecular flexibility index (Phi) is 7.16. The molecular formula is C27H24ClN3O5S. The van der Waals surface area contributed by atoms with Gasteiger partial charge in [-0.2, -0.15) is 0 Å². The van der Waals surface area contributed by atoms with Gasteiger partial charge in [0.2, 0.25) is 12.7 Å². The van der Waals surface area contributed by atoms with E-state index in [-0.39, 0.29) is 25.0 Å². The molecule has 3 aromatic rings. The van der Waals surface area contributed by atoms with Crippen molar-refractivity contribution in [3.05, 3.63) is 77.3 Å². The molecular weight excluding hydrogens is 514 g/mol. The lowest BCUT2D eigenvalue weighted by atomic mass is 10.1. The first kappa shape index (κ1) is 24.9. The van der Waals surface area contributed by atoms with E-state index in [4.69, 9.17) is 38.0 Å². The van der Waals surface area contributed by atoms with E-state index < -0.39 is 6.04 Å². The molecule has 0 aromatic heterocycles. The predicted molar refractivity (Wildman–Crippen MR) is 144 cm³/mol. The fourth-order valence-corrected chi connectivity index (χ4v) is 4.86. The lowest BCUT2D eigenvalue weighted by Crippen LogP contribution is -2.37. The molecule has 2 aliphatic heterocycles. The van der Waals surface area contributed by atoms with Gasteiger partial charge in [-0.1, -0.05) is 23.7 Å². The second kappa shape index (κ2) is 10.7. The first-order valence-electron chi connectivity index (χ1n) is 11.7. The summed E-state index contributed by atoms with van der Waals surface area (Å²) in [6.07, 6.45) is -0.0895. The molecule has 5 rings (SSSR count). The average Bonchev–Trinajstić information content (AvgIpc) is 3.43. The van der Waals surface area contributed by atoms with Crippen LogP contribution in [0.25, 0.3) is 0 Å². The molecule has 0 aliphatic carbocycles. The summed E-state index contributed by atoms with van der Waals surface area (Å²) in [5.41, 5.74) is 2.02. The van der Waals surface area contributed by atoms with E-state index in [1.54, 1.807) is 53.4 Å². The molecule has 190 valence electrons. The molecule has 0 saturated carbocycles. The molecule has 2 amide bonds. The minimum atomic E-state index is -0.806. The van der Waals surface area contributed by atoms with Gasteiger partial charge >= 0.3 is 0 Å². The van der Waals surface area contributed by atoms with Crippen LogP contribution in [0.15, 0.2) is 66.7 Å². The van der Waals surface area contributed by atoms with E-state index in [1.807, 2.05) is 25.1 Å². The first-order valence-corrected chi connectivity index (χ1v) is 12.5. The Balaban J connectivity index is 1.38. The SMILES string of the molecule is CCOc1ccc(NC(=O)CC2C(=O)N(c3cccc(Cl)c3)C(=S)N2Cc2ccc3c(c2)OCO3)cc1. The van der Waals surface area contributed by atoms with E-state index in [1.165, 1.54) is 4.90 Å². The van der Waals surface area contributed by atoms with Crippen LogP contribution in [0.5, 0.6) is 17.2 Å². The van der Waals surface area contributed by atoms with Crippen LogP contribution >= 0.6 is 23.8 Å². The number of anilines is 2. The molecule has 1 atom stereocenters. The molecule has 1 unspecified atom stereocenters. The van der Waals surface area contributed by atoms with Crippen molar-refractivity contribution in [2.75, 3.05) is 23.6 Å². The number of ether oxygens (including phenoxy) is 3. The van der Waals surface area contributed by atoms with Crippen molar-refractivity contribution in [1.82, 2.24) is 4.90 Å². The summed E-state index contributed by atoms with van der Waals surface area (Å²) in [5, 5.41) is 3.64. The summed E-state index contributed by atoms with van der Waals surface area (Å²) in [7, 11) is 0. The molecule has 1 fully saturated rings. The molecule has 0 radical (unpaired) electrons. The Labute approximate surface area is 224 Å². The van der Waals surface area contributed by atoms with Crippen LogP contribution in [0.1, 0.15) is 18.9 Å². The van der Waals surface area contributed by atoms with Crippen LogP contribution in [-0.4, -0.2) is 41.3 Å².